The second-order valence-corrected chi connectivity index (χ2v) is 9.56. The fourth-order valence-electron chi connectivity index (χ4n) is 4.16. The zero-order valence-electron chi connectivity index (χ0n) is 20.4. The maximum atomic E-state index is 12.9. The number of para-hydroxylation sites is 1. The second-order valence-electron chi connectivity index (χ2n) is 9.16. The van der Waals surface area contributed by atoms with Crippen LogP contribution in [0.15, 0.2) is 78.9 Å². The van der Waals surface area contributed by atoms with Gasteiger partial charge in [0.05, 0.1) is 16.6 Å². The van der Waals surface area contributed by atoms with Gasteiger partial charge in [-0.3, -0.25) is 4.79 Å². The highest BCUT2D eigenvalue weighted by atomic mass is 35.5. The van der Waals surface area contributed by atoms with Crippen LogP contribution < -0.4 is 10.2 Å². The van der Waals surface area contributed by atoms with Crippen LogP contribution in [0.3, 0.4) is 0 Å². The Labute approximate surface area is 212 Å². The summed E-state index contributed by atoms with van der Waals surface area (Å²) in [5.74, 6) is 1.81. The van der Waals surface area contributed by atoms with E-state index in [0.717, 1.165) is 34.4 Å². The molecule has 0 aliphatic rings. The zero-order chi connectivity index (χ0) is 24.8. The number of halogens is 1. The van der Waals surface area contributed by atoms with Crippen molar-refractivity contribution in [3.8, 4) is 11.4 Å². The van der Waals surface area contributed by atoms with E-state index in [1.807, 2.05) is 85.8 Å². The number of hydrogen-bond donors (Lipinski definition) is 1. The van der Waals surface area contributed by atoms with Crippen molar-refractivity contribution in [2.75, 3.05) is 18.0 Å². The van der Waals surface area contributed by atoms with Gasteiger partial charge in [0.25, 0.3) is 0 Å². The van der Waals surface area contributed by atoms with E-state index in [4.69, 9.17) is 21.6 Å². The minimum absolute atomic E-state index is 0.0137. The van der Waals surface area contributed by atoms with Crippen LogP contribution in [-0.4, -0.2) is 29.0 Å². The molecule has 0 aliphatic carbocycles. The smallest absolute Gasteiger partial charge is 0.222 e. The lowest BCUT2D eigenvalue weighted by Crippen LogP contribution is -2.34. The van der Waals surface area contributed by atoms with Crippen molar-refractivity contribution in [2.45, 2.75) is 33.2 Å². The number of nitrogens with zero attached hydrogens (tertiary/aromatic N) is 3. The Balaban J connectivity index is 1.62. The molecule has 4 rings (SSSR count). The lowest BCUT2D eigenvalue weighted by Gasteiger charge is -2.27. The molecule has 6 heteroatoms. The zero-order valence-corrected chi connectivity index (χ0v) is 21.2. The molecule has 3 aromatic carbocycles. The average molecular weight is 487 g/mol. The van der Waals surface area contributed by atoms with Gasteiger partial charge in [0, 0.05) is 30.5 Å². The van der Waals surface area contributed by atoms with Gasteiger partial charge in [0.2, 0.25) is 5.91 Å². The molecule has 0 unspecified atom stereocenters. The van der Waals surface area contributed by atoms with E-state index >= 15 is 0 Å². The van der Waals surface area contributed by atoms with Gasteiger partial charge in [-0.25, -0.2) is 9.97 Å². The summed E-state index contributed by atoms with van der Waals surface area (Å²) >= 11 is 6.48. The molecule has 5 nitrogen and oxygen atoms in total. The normalized spacial score (nSPS) is 12.0. The molecule has 4 aromatic rings. The van der Waals surface area contributed by atoms with Gasteiger partial charge in [0.1, 0.15) is 5.82 Å². The van der Waals surface area contributed by atoms with Crippen molar-refractivity contribution in [1.29, 1.82) is 0 Å². The average Bonchev–Trinajstić information content (AvgIpc) is 2.86. The number of hydrogen-bond acceptors (Lipinski definition) is 4. The molecule has 0 spiro atoms. The summed E-state index contributed by atoms with van der Waals surface area (Å²) in [6.45, 7) is 7.66. The molecular formula is C29H31ClN4O. The third-order valence-corrected chi connectivity index (χ3v) is 6.20. The summed E-state index contributed by atoms with van der Waals surface area (Å²) in [6, 6.07) is 25.6. The third kappa shape index (κ3) is 6.17. The van der Waals surface area contributed by atoms with E-state index in [9.17, 15) is 4.79 Å². The van der Waals surface area contributed by atoms with Crippen LogP contribution in [0.4, 0.5) is 5.82 Å². The van der Waals surface area contributed by atoms with Gasteiger partial charge >= 0.3 is 0 Å². The summed E-state index contributed by atoms with van der Waals surface area (Å²) in [4.78, 5) is 24.8. The Morgan fingerprint density at radius 1 is 0.914 bits per heavy atom. The van der Waals surface area contributed by atoms with Crippen molar-refractivity contribution in [3.05, 3.63) is 89.4 Å². The van der Waals surface area contributed by atoms with Crippen molar-refractivity contribution < 1.29 is 4.79 Å². The highest BCUT2D eigenvalue weighted by Gasteiger charge is 2.19. The van der Waals surface area contributed by atoms with Crippen molar-refractivity contribution in [3.63, 3.8) is 0 Å². The number of carbonyl (C=O) groups excluding carboxylic acids is 1. The number of nitrogens with one attached hydrogen (secondary N) is 1. The lowest BCUT2D eigenvalue weighted by molar-refractivity contribution is -0.121. The number of carbonyl (C=O) groups is 1. The Bertz CT molecular complexity index is 1290. The van der Waals surface area contributed by atoms with Crippen LogP contribution in [0, 0.1) is 5.92 Å². The highest BCUT2D eigenvalue weighted by Crippen LogP contribution is 2.31. The molecule has 1 aromatic heterocycles. The summed E-state index contributed by atoms with van der Waals surface area (Å²) in [7, 11) is 0. The highest BCUT2D eigenvalue weighted by molar-refractivity contribution is 6.33. The molecule has 180 valence electrons. The number of aromatic nitrogens is 2. The van der Waals surface area contributed by atoms with Gasteiger partial charge < -0.3 is 10.2 Å². The fourth-order valence-corrected chi connectivity index (χ4v) is 4.38. The lowest BCUT2D eigenvalue weighted by atomic mass is 10.1. The molecule has 0 saturated carbocycles. The van der Waals surface area contributed by atoms with Crippen LogP contribution in [0.5, 0.6) is 0 Å². The first-order valence-corrected chi connectivity index (χ1v) is 12.4. The molecule has 0 bridgehead atoms. The first-order valence-electron chi connectivity index (χ1n) is 12.0. The van der Waals surface area contributed by atoms with Gasteiger partial charge in [-0.15, -0.1) is 0 Å². The fraction of sp³-hybridized carbons (Fsp3) is 0.276. The molecule has 0 saturated heterocycles. The van der Waals surface area contributed by atoms with E-state index < -0.39 is 0 Å². The molecule has 1 amide bonds. The van der Waals surface area contributed by atoms with Gasteiger partial charge in [-0.2, -0.15) is 0 Å². The predicted molar refractivity (Wildman–Crippen MR) is 145 cm³/mol. The molecule has 1 atom stereocenters. The molecule has 0 fully saturated rings. The molecule has 0 radical (unpaired) electrons. The summed E-state index contributed by atoms with van der Waals surface area (Å²) in [5.41, 5.74) is 2.73. The van der Waals surface area contributed by atoms with E-state index in [1.165, 1.54) is 0 Å². The molecule has 1 N–H and O–H groups in total. The van der Waals surface area contributed by atoms with Crippen LogP contribution in [0.25, 0.3) is 22.3 Å². The minimum atomic E-state index is -0.0473. The maximum Gasteiger partial charge on any atom is 0.222 e. The first-order chi connectivity index (χ1) is 16.9. The summed E-state index contributed by atoms with van der Waals surface area (Å²) < 4.78 is 0. The monoisotopic (exact) mass is 486 g/mol. The minimum Gasteiger partial charge on any atom is -0.355 e. The number of rotatable bonds is 9. The van der Waals surface area contributed by atoms with Crippen molar-refractivity contribution in [1.82, 2.24) is 15.3 Å². The number of amides is 1. The first kappa shape index (κ1) is 24.7. The van der Waals surface area contributed by atoms with Crippen LogP contribution in [0.1, 0.15) is 38.8 Å². The SMILES string of the molecule is CC(C)CN(CCC(=O)N[C@@H](C)c1ccccc1)c1nc(-c2ccccc2Cl)nc2ccccc12. The van der Waals surface area contributed by atoms with Gasteiger partial charge in [-0.1, -0.05) is 80.0 Å². The second kappa shape index (κ2) is 11.3. The molecule has 0 aliphatic heterocycles. The Kier molecular flexibility index (Phi) is 7.98. The largest absolute Gasteiger partial charge is 0.355 e. The number of anilines is 1. The summed E-state index contributed by atoms with van der Waals surface area (Å²) in [5, 5.41) is 4.69. The van der Waals surface area contributed by atoms with E-state index in [0.29, 0.717) is 29.7 Å². The van der Waals surface area contributed by atoms with Crippen LogP contribution in [0.2, 0.25) is 5.02 Å². The van der Waals surface area contributed by atoms with Crippen molar-refractivity contribution >= 4 is 34.2 Å². The Morgan fingerprint density at radius 3 is 2.34 bits per heavy atom. The van der Waals surface area contributed by atoms with E-state index in [-0.39, 0.29) is 11.9 Å². The van der Waals surface area contributed by atoms with Gasteiger partial charge in [-0.05, 0) is 42.7 Å². The predicted octanol–water partition coefficient (Wildman–Crippen LogP) is 6.68. The Hall–Kier alpha value is -3.44. The standard InChI is InChI=1S/C29H31ClN4O/c1-20(2)19-34(18-17-27(35)31-21(3)22-11-5-4-6-12-22)29-24-14-8-10-16-26(24)32-28(33-29)23-13-7-9-15-25(23)30/h4-16,20-21H,17-19H2,1-3H3,(H,31,35)/t21-/m0/s1. The maximum absolute atomic E-state index is 12.9. The summed E-state index contributed by atoms with van der Waals surface area (Å²) in [6.07, 6.45) is 0.365. The number of fused-ring (bicyclic) bond motifs is 1. The van der Waals surface area contributed by atoms with Gasteiger partial charge in [0.15, 0.2) is 5.82 Å². The Morgan fingerprint density at radius 2 is 1.60 bits per heavy atom. The van der Waals surface area contributed by atoms with E-state index in [2.05, 4.69) is 24.1 Å². The topological polar surface area (TPSA) is 58.1 Å². The van der Waals surface area contributed by atoms with Crippen LogP contribution in [-0.2, 0) is 4.79 Å². The van der Waals surface area contributed by atoms with Crippen LogP contribution >= 0.6 is 11.6 Å². The quantitative estimate of drug-likeness (QED) is 0.286. The number of benzene rings is 3. The molecular weight excluding hydrogens is 456 g/mol. The molecule has 35 heavy (non-hydrogen) atoms. The molecule has 1 heterocycles. The van der Waals surface area contributed by atoms with Crippen molar-refractivity contribution in [2.24, 2.45) is 5.92 Å². The third-order valence-electron chi connectivity index (χ3n) is 5.87. The van der Waals surface area contributed by atoms with E-state index in [1.54, 1.807) is 0 Å².